The first-order valence-corrected chi connectivity index (χ1v) is 7.70. The normalized spacial score (nSPS) is 17.9. The molecule has 23 heavy (non-hydrogen) atoms. The van der Waals surface area contributed by atoms with Gasteiger partial charge in [0.15, 0.2) is 0 Å². The number of benzene rings is 2. The molecular formula is C16H12F3NO2S. The number of hydrogen-bond acceptors (Lipinski definition) is 3. The molecule has 0 aliphatic carbocycles. The van der Waals surface area contributed by atoms with Gasteiger partial charge in [0.2, 0.25) is 5.91 Å². The molecule has 0 saturated heterocycles. The van der Waals surface area contributed by atoms with Crippen molar-refractivity contribution < 1.29 is 22.7 Å². The predicted molar refractivity (Wildman–Crippen MR) is 81.4 cm³/mol. The van der Waals surface area contributed by atoms with Crippen LogP contribution in [0.4, 0.5) is 18.9 Å². The van der Waals surface area contributed by atoms with Crippen LogP contribution in [-0.2, 0) is 4.79 Å². The Morgan fingerprint density at radius 2 is 1.78 bits per heavy atom. The third kappa shape index (κ3) is 3.98. The second kappa shape index (κ2) is 6.16. The van der Waals surface area contributed by atoms with E-state index < -0.39 is 6.36 Å². The molecule has 1 atom stereocenters. The minimum Gasteiger partial charge on any atom is -0.406 e. The molecule has 0 spiro atoms. The Balaban J connectivity index is 1.82. The fraction of sp³-hybridized carbons (Fsp3) is 0.188. The highest BCUT2D eigenvalue weighted by atomic mass is 32.2. The van der Waals surface area contributed by atoms with Gasteiger partial charge in [-0.3, -0.25) is 4.79 Å². The minimum absolute atomic E-state index is 0.122. The van der Waals surface area contributed by atoms with Gasteiger partial charge in [0, 0.05) is 16.6 Å². The summed E-state index contributed by atoms with van der Waals surface area (Å²) in [6.45, 7) is 0. The summed E-state index contributed by atoms with van der Waals surface area (Å²) in [6, 6.07) is 13.1. The van der Waals surface area contributed by atoms with E-state index in [1.165, 1.54) is 23.9 Å². The summed E-state index contributed by atoms with van der Waals surface area (Å²) >= 11 is 1.51. The van der Waals surface area contributed by atoms with Crippen molar-refractivity contribution in [3.8, 4) is 5.75 Å². The van der Waals surface area contributed by atoms with Crippen molar-refractivity contribution in [3.63, 3.8) is 0 Å². The van der Waals surface area contributed by atoms with Crippen molar-refractivity contribution >= 4 is 23.4 Å². The molecule has 1 amide bonds. The van der Waals surface area contributed by atoms with Crippen LogP contribution in [0.15, 0.2) is 53.4 Å². The Hall–Kier alpha value is -2.15. The van der Waals surface area contributed by atoms with E-state index in [1.54, 1.807) is 12.1 Å². The molecule has 1 heterocycles. The quantitative estimate of drug-likeness (QED) is 0.857. The summed E-state index contributed by atoms with van der Waals surface area (Å²) in [5.74, 6) is -0.396. The Bertz CT molecular complexity index is 716. The van der Waals surface area contributed by atoms with Gasteiger partial charge in [-0.1, -0.05) is 24.3 Å². The number of amides is 1. The molecule has 0 fully saturated rings. The van der Waals surface area contributed by atoms with Gasteiger partial charge in [0.25, 0.3) is 0 Å². The maximum Gasteiger partial charge on any atom is 0.573 e. The molecule has 1 aliphatic rings. The average molecular weight is 339 g/mol. The molecule has 1 aliphatic heterocycles. The second-order valence-corrected chi connectivity index (χ2v) is 6.22. The number of anilines is 1. The number of halogens is 3. The Morgan fingerprint density at radius 1 is 1.09 bits per heavy atom. The Labute approximate surface area is 134 Å². The molecule has 2 aromatic carbocycles. The van der Waals surface area contributed by atoms with E-state index in [2.05, 4.69) is 10.1 Å². The van der Waals surface area contributed by atoms with Gasteiger partial charge in [-0.2, -0.15) is 0 Å². The Morgan fingerprint density at radius 3 is 2.48 bits per heavy atom. The molecule has 0 bridgehead atoms. The summed E-state index contributed by atoms with van der Waals surface area (Å²) in [4.78, 5) is 12.9. The number of carbonyl (C=O) groups is 1. The number of ether oxygens (including phenoxy) is 1. The zero-order valence-electron chi connectivity index (χ0n) is 11.8. The minimum atomic E-state index is -4.71. The van der Waals surface area contributed by atoms with Crippen molar-refractivity contribution in [2.75, 3.05) is 5.32 Å². The van der Waals surface area contributed by atoms with Crippen LogP contribution in [0.5, 0.6) is 5.75 Å². The second-order valence-electron chi connectivity index (χ2n) is 4.97. The smallest absolute Gasteiger partial charge is 0.406 e. The van der Waals surface area contributed by atoms with Crippen LogP contribution in [-0.4, -0.2) is 12.3 Å². The lowest BCUT2D eigenvalue weighted by Crippen LogP contribution is -2.17. The van der Waals surface area contributed by atoms with Crippen LogP contribution in [0, 0.1) is 0 Å². The highest BCUT2D eigenvalue weighted by Crippen LogP contribution is 2.43. The van der Waals surface area contributed by atoms with Crippen molar-refractivity contribution in [1.82, 2.24) is 0 Å². The van der Waals surface area contributed by atoms with Gasteiger partial charge >= 0.3 is 6.36 Å². The number of hydrogen-bond donors (Lipinski definition) is 1. The van der Waals surface area contributed by atoms with E-state index in [0.29, 0.717) is 0 Å². The largest absolute Gasteiger partial charge is 0.573 e. The fourth-order valence-electron chi connectivity index (χ4n) is 2.31. The van der Waals surface area contributed by atoms with Crippen molar-refractivity contribution in [2.24, 2.45) is 0 Å². The maximum atomic E-state index is 12.2. The summed E-state index contributed by atoms with van der Waals surface area (Å²) in [7, 11) is 0. The van der Waals surface area contributed by atoms with Crippen molar-refractivity contribution in [1.29, 1.82) is 0 Å². The molecule has 2 aromatic rings. The molecule has 0 unspecified atom stereocenters. The zero-order chi connectivity index (χ0) is 16.4. The van der Waals surface area contributed by atoms with Crippen LogP contribution in [0.25, 0.3) is 0 Å². The van der Waals surface area contributed by atoms with E-state index in [4.69, 9.17) is 0 Å². The number of rotatable bonds is 2. The molecule has 3 nitrogen and oxygen atoms in total. The van der Waals surface area contributed by atoms with E-state index in [-0.39, 0.29) is 23.3 Å². The number of nitrogens with one attached hydrogen (secondary N) is 1. The highest BCUT2D eigenvalue weighted by Gasteiger charge is 2.31. The number of para-hydroxylation sites is 1. The molecule has 1 N–H and O–H groups in total. The molecule has 3 rings (SSSR count). The summed E-state index contributed by atoms with van der Waals surface area (Å²) in [5.41, 5.74) is 1.53. The highest BCUT2D eigenvalue weighted by molar-refractivity contribution is 7.99. The van der Waals surface area contributed by atoms with Crippen LogP contribution >= 0.6 is 11.8 Å². The van der Waals surface area contributed by atoms with Gasteiger partial charge in [-0.15, -0.1) is 24.9 Å². The predicted octanol–water partition coefficient (Wildman–Crippen LogP) is 4.76. The number of thioether (sulfide) groups is 1. The van der Waals surface area contributed by atoms with Crippen molar-refractivity contribution in [3.05, 3.63) is 54.1 Å². The molecule has 0 aromatic heterocycles. The summed E-state index contributed by atoms with van der Waals surface area (Å²) < 4.78 is 40.4. The number of carbonyl (C=O) groups excluding carboxylic acids is 1. The molecular weight excluding hydrogens is 327 g/mol. The van der Waals surface area contributed by atoms with Crippen LogP contribution in [0.2, 0.25) is 0 Å². The van der Waals surface area contributed by atoms with E-state index in [9.17, 15) is 18.0 Å². The van der Waals surface area contributed by atoms with E-state index in [0.717, 1.165) is 16.1 Å². The van der Waals surface area contributed by atoms with Gasteiger partial charge in [-0.05, 0) is 29.8 Å². The average Bonchev–Trinajstić information content (AvgIpc) is 2.64. The number of fused-ring (bicyclic) bond motifs is 1. The van der Waals surface area contributed by atoms with Gasteiger partial charge in [0.05, 0.1) is 5.69 Å². The lowest BCUT2D eigenvalue weighted by Gasteiger charge is -2.15. The Kier molecular flexibility index (Phi) is 4.21. The molecule has 7 heteroatoms. The third-order valence-electron chi connectivity index (χ3n) is 3.29. The van der Waals surface area contributed by atoms with E-state index >= 15 is 0 Å². The summed E-state index contributed by atoms with van der Waals surface area (Å²) in [6.07, 6.45) is -4.46. The van der Waals surface area contributed by atoms with Gasteiger partial charge in [0.1, 0.15) is 5.75 Å². The van der Waals surface area contributed by atoms with Crippen LogP contribution in [0.3, 0.4) is 0 Å². The lowest BCUT2D eigenvalue weighted by molar-refractivity contribution is -0.274. The van der Waals surface area contributed by atoms with Gasteiger partial charge in [-0.25, -0.2) is 0 Å². The molecule has 0 saturated carbocycles. The third-order valence-corrected chi connectivity index (χ3v) is 4.62. The van der Waals surface area contributed by atoms with Gasteiger partial charge < -0.3 is 10.1 Å². The SMILES string of the molecule is O=C1C[C@H](c2ccc(OC(F)(F)F)cc2)Sc2ccccc2N1. The summed E-state index contributed by atoms with van der Waals surface area (Å²) in [5, 5.41) is 2.66. The van der Waals surface area contributed by atoms with Crippen LogP contribution < -0.4 is 10.1 Å². The fourth-order valence-corrected chi connectivity index (χ4v) is 3.54. The van der Waals surface area contributed by atoms with Crippen LogP contribution in [0.1, 0.15) is 17.2 Å². The monoisotopic (exact) mass is 339 g/mol. The van der Waals surface area contributed by atoms with Crippen molar-refractivity contribution in [2.45, 2.75) is 22.9 Å². The lowest BCUT2D eigenvalue weighted by atomic mass is 10.1. The maximum absolute atomic E-state index is 12.2. The zero-order valence-corrected chi connectivity index (χ0v) is 12.6. The topological polar surface area (TPSA) is 38.3 Å². The first kappa shape index (κ1) is 15.7. The molecule has 0 radical (unpaired) electrons. The number of alkyl halides is 3. The van der Waals surface area contributed by atoms with E-state index in [1.807, 2.05) is 24.3 Å². The first-order chi connectivity index (χ1) is 10.9. The molecule has 120 valence electrons. The standard InChI is InChI=1S/C16H12F3NO2S/c17-16(18,19)22-11-7-5-10(6-8-11)14-9-15(21)20-12-3-1-2-4-13(12)23-14/h1-8,14H,9H2,(H,20,21)/t14-/m1/s1. The first-order valence-electron chi connectivity index (χ1n) is 6.82.